The van der Waals surface area contributed by atoms with Gasteiger partial charge in [0.1, 0.15) is 5.15 Å². The molecule has 1 rings (SSSR count). The molecule has 0 unspecified atom stereocenters. The lowest BCUT2D eigenvalue weighted by Gasteiger charge is -1.92. The molecule has 1 aromatic heterocycles. The largest absolute Gasteiger partial charge is 0.391 e. The second kappa shape index (κ2) is 2.86. The molecule has 0 saturated heterocycles. The topological polar surface area (TPSA) is 53.1 Å². The predicted octanol–water partition coefficient (Wildman–Crippen LogP) is 0.521. The van der Waals surface area contributed by atoms with Gasteiger partial charge in [0, 0.05) is 17.8 Å². The van der Waals surface area contributed by atoms with E-state index in [0.29, 0.717) is 5.56 Å². The summed E-state index contributed by atoms with van der Waals surface area (Å²) in [7, 11) is 0. The molecule has 1 heterocycles. The summed E-state index contributed by atoms with van der Waals surface area (Å²) in [5.74, 6) is 0. The Hall–Kier alpha value is -0.800. The van der Waals surface area contributed by atoms with Gasteiger partial charge in [0.05, 0.1) is 6.61 Å². The minimum absolute atomic E-state index is 0.244. The molecule has 10 heavy (non-hydrogen) atoms. The third-order valence-electron chi connectivity index (χ3n) is 1.13. The highest BCUT2D eigenvalue weighted by atomic mass is 35.5. The van der Waals surface area contributed by atoms with Crippen molar-refractivity contribution < 1.29 is 5.11 Å². The van der Waals surface area contributed by atoms with Crippen LogP contribution in [0.5, 0.6) is 0 Å². The molecular formula is C6H6ClNO2. The number of halogens is 1. The molecule has 0 bridgehead atoms. The van der Waals surface area contributed by atoms with Crippen LogP contribution in [-0.2, 0) is 6.61 Å². The SMILES string of the molecule is O=c1cc(Cl)[nH]cc1CO. The van der Waals surface area contributed by atoms with Crippen molar-refractivity contribution in [1.29, 1.82) is 0 Å². The standard InChI is InChI=1S/C6H6ClNO2/c7-6-1-5(10)4(3-9)2-8-6/h1-2,9H,3H2,(H,8,10). The lowest BCUT2D eigenvalue weighted by Crippen LogP contribution is -2.07. The number of nitrogens with one attached hydrogen (secondary N) is 1. The molecule has 2 N–H and O–H groups in total. The lowest BCUT2D eigenvalue weighted by molar-refractivity contribution is 0.280. The van der Waals surface area contributed by atoms with Gasteiger partial charge in [0.15, 0.2) is 5.43 Å². The molecule has 1 aromatic rings. The second-order valence-corrected chi connectivity index (χ2v) is 2.24. The molecule has 0 radical (unpaired) electrons. The highest BCUT2D eigenvalue weighted by Crippen LogP contribution is 1.98. The second-order valence-electron chi connectivity index (χ2n) is 1.83. The first-order valence-electron chi connectivity index (χ1n) is 2.72. The van der Waals surface area contributed by atoms with Gasteiger partial charge in [-0.3, -0.25) is 4.79 Å². The maximum atomic E-state index is 10.8. The average molecular weight is 160 g/mol. The molecule has 0 aliphatic carbocycles. The molecule has 54 valence electrons. The number of H-pyrrole nitrogens is 1. The number of aromatic nitrogens is 1. The van der Waals surface area contributed by atoms with Crippen molar-refractivity contribution in [1.82, 2.24) is 4.98 Å². The van der Waals surface area contributed by atoms with Crippen molar-refractivity contribution in [3.05, 3.63) is 33.2 Å². The summed E-state index contributed by atoms with van der Waals surface area (Å²) in [5, 5.41) is 8.83. The number of hydrogen-bond acceptors (Lipinski definition) is 2. The predicted molar refractivity (Wildman–Crippen MR) is 38.0 cm³/mol. The molecule has 0 saturated carbocycles. The van der Waals surface area contributed by atoms with E-state index in [-0.39, 0.29) is 17.2 Å². The third-order valence-corrected chi connectivity index (χ3v) is 1.35. The summed E-state index contributed by atoms with van der Waals surface area (Å²) in [6.45, 7) is -0.257. The minimum atomic E-state index is -0.257. The Morgan fingerprint density at radius 2 is 2.40 bits per heavy atom. The summed E-state index contributed by atoms with van der Waals surface area (Å²) in [6.07, 6.45) is 1.39. The molecule has 0 amide bonds. The monoisotopic (exact) mass is 159 g/mol. The highest BCUT2D eigenvalue weighted by Gasteiger charge is 1.96. The van der Waals surface area contributed by atoms with Crippen molar-refractivity contribution in [2.24, 2.45) is 0 Å². The molecule has 0 fully saturated rings. The Morgan fingerprint density at radius 3 is 2.90 bits per heavy atom. The Kier molecular flexibility index (Phi) is 2.09. The van der Waals surface area contributed by atoms with Crippen LogP contribution in [0.15, 0.2) is 17.1 Å². The van der Waals surface area contributed by atoms with Crippen molar-refractivity contribution in [3.63, 3.8) is 0 Å². The van der Waals surface area contributed by atoms with Crippen LogP contribution in [0.25, 0.3) is 0 Å². The summed E-state index contributed by atoms with van der Waals surface area (Å²) < 4.78 is 0. The van der Waals surface area contributed by atoms with E-state index >= 15 is 0 Å². The first-order chi connectivity index (χ1) is 4.74. The molecule has 0 atom stereocenters. The molecule has 0 spiro atoms. The van der Waals surface area contributed by atoms with E-state index in [4.69, 9.17) is 16.7 Å². The van der Waals surface area contributed by atoms with Gasteiger partial charge in [0.25, 0.3) is 0 Å². The van der Waals surface area contributed by atoms with E-state index in [1.807, 2.05) is 0 Å². The van der Waals surface area contributed by atoms with E-state index in [9.17, 15) is 4.79 Å². The van der Waals surface area contributed by atoms with Crippen molar-refractivity contribution in [2.45, 2.75) is 6.61 Å². The normalized spacial score (nSPS) is 9.80. The molecule has 0 aliphatic rings. The number of aromatic amines is 1. The van der Waals surface area contributed by atoms with E-state index in [0.717, 1.165) is 0 Å². The Balaban J connectivity index is 3.20. The van der Waals surface area contributed by atoms with Crippen LogP contribution in [0.3, 0.4) is 0 Å². The van der Waals surface area contributed by atoms with Crippen LogP contribution in [0.1, 0.15) is 5.56 Å². The number of rotatable bonds is 1. The maximum absolute atomic E-state index is 10.8. The Morgan fingerprint density at radius 1 is 1.70 bits per heavy atom. The van der Waals surface area contributed by atoms with Gasteiger partial charge < -0.3 is 10.1 Å². The lowest BCUT2D eigenvalue weighted by atomic mass is 10.3. The van der Waals surface area contributed by atoms with Gasteiger partial charge in [-0.25, -0.2) is 0 Å². The fourth-order valence-corrected chi connectivity index (χ4v) is 0.754. The van der Waals surface area contributed by atoms with Gasteiger partial charge in [-0.05, 0) is 0 Å². The van der Waals surface area contributed by atoms with E-state index in [1.165, 1.54) is 12.3 Å². The number of hydrogen-bond donors (Lipinski definition) is 2. The van der Waals surface area contributed by atoms with E-state index in [2.05, 4.69) is 4.98 Å². The average Bonchev–Trinajstić information content (AvgIpc) is 1.88. The summed E-state index contributed by atoms with van der Waals surface area (Å²) in [5.41, 5.74) is 0.0793. The number of aliphatic hydroxyl groups excluding tert-OH is 1. The smallest absolute Gasteiger partial charge is 0.188 e. The van der Waals surface area contributed by atoms with Crippen LogP contribution in [0, 0.1) is 0 Å². The number of aliphatic hydroxyl groups is 1. The van der Waals surface area contributed by atoms with Crippen LogP contribution in [-0.4, -0.2) is 10.1 Å². The Bertz CT molecular complexity index is 281. The van der Waals surface area contributed by atoms with Gasteiger partial charge in [-0.15, -0.1) is 0 Å². The van der Waals surface area contributed by atoms with Crippen molar-refractivity contribution in [3.8, 4) is 0 Å². The fraction of sp³-hybridized carbons (Fsp3) is 0.167. The zero-order chi connectivity index (χ0) is 7.56. The zero-order valence-corrected chi connectivity index (χ0v) is 5.85. The van der Waals surface area contributed by atoms with E-state index < -0.39 is 0 Å². The van der Waals surface area contributed by atoms with Gasteiger partial charge in [-0.2, -0.15) is 0 Å². The first kappa shape index (κ1) is 7.31. The molecule has 0 aromatic carbocycles. The third kappa shape index (κ3) is 1.37. The van der Waals surface area contributed by atoms with Crippen LogP contribution < -0.4 is 5.43 Å². The summed E-state index contributed by atoms with van der Waals surface area (Å²) in [6, 6.07) is 1.23. The number of pyridine rings is 1. The first-order valence-corrected chi connectivity index (χ1v) is 3.10. The molecule has 3 nitrogen and oxygen atoms in total. The van der Waals surface area contributed by atoms with Gasteiger partial charge >= 0.3 is 0 Å². The van der Waals surface area contributed by atoms with Crippen LogP contribution in [0.4, 0.5) is 0 Å². The van der Waals surface area contributed by atoms with Crippen molar-refractivity contribution >= 4 is 11.6 Å². The van der Waals surface area contributed by atoms with Gasteiger partial charge in [0.2, 0.25) is 0 Å². The van der Waals surface area contributed by atoms with E-state index in [1.54, 1.807) is 0 Å². The van der Waals surface area contributed by atoms with Crippen molar-refractivity contribution in [2.75, 3.05) is 0 Å². The molecule has 4 heteroatoms. The molecular weight excluding hydrogens is 154 g/mol. The van der Waals surface area contributed by atoms with Crippen LogP contribution in [0.2, 0.25) is 5.15 Å². The summed E-state index contributed by atoms with van der Waals surface area (Å²) >= 11 is 5.44. The minimum Gasteiger partial charge on any atom is -0.391 e. The highest BCUT2D eigenvalue weighted by molar-refractivity contribution is 6.29. The van der Waals surface area contributed by atoms with Gasteiger partial charge in [-0.1, -0.05) is 11.6 Å². The summed E-state index contributed by atoms with van der Waals surface area (Å²) in [4.78, 5) is 13.4. The van der Waals surface area contributed by atoms with Crippen LogP contribution >= 0.6 is 11.6 Å². The maximum Gasteiger partial charge on any atom is 0.188 e. The zero-order valence-electron chi connectivity index (χ0n) is 5.10. The quantitative estimate of drug-likeness (QED) is 0.587. The Labute approximate surface area is 62.3 Å². The fourth-order valence-electron chi connectivity index (χ4n) is 0.600. The molecule has 0 aliphatic heterocycles.